The third-order valence-corrected chi connectivity index (χ3v) is 6.68. The lowest BCUT2D eigenvalue weighted by molar-refractivity contribution is -0.121. The number of piperidine rings is 1. The van der Waals surface area contributed by atoms with Gasteiger partial charge in [-0.1, -0.05) is 48.5 Å². The number of carbonyl (C=O) groups is 2. The van der Waals surface area contributed by atoms with E-state index >= 15 is 0 Å². The fraction of sp³-hybridized carbons (Fsp3) is 0.226. The number of amides is 2. The van der Waals surface area contributed by atoms with Gasteiger partial charge in [0.1, 0.15) is 11.5 Å². The molecule has 0 radical (unpaired) electrons. The summed E-state index contributed by atoms with van der Waals surface area (Å²) in [6.45, 7) is 3.64. The van der Waals surface area contributed by atoms with Crippen molar-refractivity contribution in [2.75, 3.05) is 25.0 Å². The molecule has 6 nitrogen and oxygen atoms in total. The number of anilines is 1. The minimum atomic E-state index is -0.171. The van der Waals surface area contributed by atoms with Gasteiger partial charge in [0.2, 0.25) is 5.91 Å². The quantitative estimate of drug-likeness (QED) is 0.318. The van der Waals surface area contributed by atoms with E-state index in [-0.39, 0.29) is 17.7 Å². The van der Waals surface area contributed by atoms with Crippen molar-refractivity contribution in [1.29, 1.82) is 0 Å². The predicted octanol–water partition coefficient (Wildman–Crippen LogP) is 6.52. The monoisotopic (exact) mass is 494 g/mol. The van der Waals surface area contributed by atoms with Crippen molar-refractivity contribution in [2.24, 2.45) is 5.92 Å². The number of hydrogen-bond donors (Lipinski definition) is 1. The zero-order valence-electron chi connectivity index (χ0n) is 20.9. The Bertz CT molecular complexity index is 1390. The zero-order chi connectivity index (χ0) is 25.6. The number of nitrogens with zero attached hydrogens (tertiary/aromatic N) is 1. The summed E-state index contributed by atoms with van der Waals surface area (Å²) in [5, 5.41) is 5.05. The van der Waals surface area contributed by atoms with Gasteiger partial charge in [0, 0.05) is 24.6 Å². The second kappa shape index (κ2) is 11.2. The van der Waals surface area contributed by atoms with Crippen LogP contribution in [0.5, 0.6) is 17.2 Å². The van der Waals surface area contributed by atoms with Gasteiger partial charge in [0.25, 0.3) is 5.91 Å². The van der Waals surface area contributed by atoms with Crippen molar-refractivity contribution >= 4 is 28.3 Å². The second-order valence-corrected chi connectivity index (χ2v) is 9.09. The van der Waals surface area contributed by atoms with Crippen LogP contribution in [0.4, 0.5) is 5.69 Å². The van der Waals surface area contributed by atoms with Crippen LogP contribution in [0.15, 0.2) is 91.0 Å². The third kappa shape index (κ3) is 5.59. The normalized spacial score (nSPS) is 13.8. The van der Waals surface area contributed by atoms with Crippen molar-refractivity contribution in [3.05, 3.63) is 96.6 Å². The molecule has 1 aliphatic rings. The molecule has 6 heteroatoms. The molecule has 1 aliphatic heterocycles. The number of hydrogen-bond acceptors (Lipinski definition) is 4. The number of benzene rings is 4. The van der Waals surface area contributed by atoms with Crippen LogP contribution in [0.3, 0.4) is 0 Å². The van der Waals surface area contributed by atoms with E-state index in [1.165, 1.54) is 0 Å². The first-order valence-electron chi connectivity index (χ1n) is 12.7. The van der Waals surface area contributed by atoms with Gasteiger partial charge in [-0.3, -0.25) is 9.59 Å². The van der Waals surface area contributed by atoms with E-state index < -0.39 is 0 Å². The summed E-state index contributed by atoms with van der Waals surface area (Å²) in [4.78, 5) is 28.2. The Kier molecular flexibility index (Phi) is 7.36. The summed E-state index contributed by atoms with van der Waals surface area (Å²) >= 11 is 0. The Labute approximate surface area is 216 Å². The first-order valence-corrected chi connectivity index (χ1v) is 12.7. The van der Waals surface area contributed by atoms with Crippen LogP contribution in [-0.4, -0.2) is 36.4 Å². The lowest BCUT2D eigenvalue weighted by atomic mass is 9.94. The molecule has 1 fully saturated rings. The maximum Gasteiger partial charge on any atom is 0.254 e. The number of carbonyl (C=O) groups excluding carboxylic acids is 2. The fourth-order valence-electron chi connectivity index (χ4n) is 4.72. The maximum atomic E-state index is 13.3. The maximum absolute atomic E-state index is 13.3. The van der Waals surface area contributed by atoms with Gasteiger partial charge in [0.15, 0.2) is 5.75 Å². The Hall–Kier alpha value is -4.32. The average molecular weight is 495 g/mol. The Balaban J connectivity index is 1.21. The molecule has 4 aromatic carbocycles. The predicted molar refractivity (Wildman–Crippen MR) is 145 cm³/mol. The molecule has 37 heavy (non-hydrogen) atoms. The van der Waals surface area contributed by atoms with Crippen molar-refractivity contribution in [2.45, 2.75) is 19.8 Å². The second-order valence-electron chi connectivity index (χ2n) is 9.09. The molecular weight excluding hydrogens is 464 g/mol. The molecule has 0 spiro atoms. The molecule has 0 unspecified atom stereocenters. The third-order valence-electron chi connectivity index (χ3n) is 6.68. The van der Waals surface area contributed by atoms with Crippen LogP contribution in [0.2, 0.25) is 0 Å². The van der Waals surface area contributed by atoms with Gasteiger partial charge < -0.3 is 19.7 Å². The number of fused-ring (bicyclic) bond motifs is 1. The van der Waals surface area contributed by atoms with E-state index in [4.69, 9.17) is 9.47 Å². The molecule has 0 atom stereocenters. The molecule has 0 bridgehead atoms. The summed E-state index contributed by atoms with van der Waals surface area (Å²) in [7, 11) is 0. The molecule has 1 N–H and O–H groups in total. The Morgan fingerprint density at radius 3 is 2.30 bits per heavy atom. The number of para-hydroxylation sites is 2. The fourth-order valence-corrected chi connectivity index (χ4v) is 4.72. The summed E-state index contributed by atoms with van der Waals surface area (Å²) in [6, 6.07) is 28.5. The SMILES string of the molecule is CCOc1ccc(Oc2ccccc2NC(=O)C2CCN(C(=O)c3cccc4ccccc34)CC2)cc1. The van der Waals surface area contributed by atoms with Crippen LogP contribution in [0, 0.1) is 5.92 Å². The molecular formula is C31H30N2O4. The average Bonchev–Trinajstić information content (AvgIpc) is 2.94. The van der Waals surface area contributed by atoms with E-state index in [9.17, 15) is 9.59 Å². The zero-order valence-corrected chi connectivity index (χ0v) is 20.9. The topological polar surface area (TPSA) is 67.9 Å². The summed E-state index contributed by atoms with van der Waals surface area (Å²) < 4.78 is 11.5. The molecule has 1 heterocycles. The number of nitrogens with one attached hydrogen (secondary N) is 1. The van der Waals surface area contributed by atoms with Crippen LogP contribution < -0.4 is 14.8 Å². The molecule has 0 saturated carbocycles. The van der Waals surface area contributed by atoms with Crippen LogP contribution in [0.25, 0.3) is 10.8 Å². The van der Waals surface area contributed by atoms with E-state index in [1.807, 2.05) is 103 Å². The standard InChI is InChI=1S/C31H30N2O4/c1-2-36-24-14-16-25(17-15-24)37-29-13-6-5-12-28(29)32-30(34)23-18-20-33(21-19-23)31(35)27-11-7-9-22-8-3-4-10-26(22)27/h3-17,23H,2,18-21H2,1H3,(H,32,34). The number of ether oxygens (including phenoxy) is 2. The highest BCUT2D eigenvalue weighted by Gasteiger charge is 2.29. The summed E-state index contributed by atoms with van der Waals surface area (Å²) in [6.07, 6.45) is 1.23. The van der Waals surface area contributed by atoms with Crippen LogP contribution in [0.1, 0.15) is 30.1 Å². The van der Waals surface area contributed by atoms with Crippen molar-refractivity contribution in [1.82, 2.24) is 4.90 Å². The Morgan fingerprint density at radius 1 is 0.838 bits per heavy atom. The Morgan fingerprint density at radius 2 is 1.51 bits per heavy atom. The van der Waals surface area contributed by atoms with Gasteiger partial charge in [-0.2, -0.15) is 0 Å². The van der Waals surface area contributed by atoms with E-state index in [2.05, 4.69) is 5.32 Å². The van der Waals surface area contributed by atoms with Crippen LogP contribution >= 0.6 is 0 Å². The van der Waals surface area contributed by atoms with E-state index in [0.29, 0.717) is 55.3 Å². The lowest BCUT2D eigenvalue weighted by Crippen LogP contribution is -2.41. The molecule has 0 aliphatic carbocycles. The van der Waals surface area contributed by atoms with Crippen molar-refractivity contribution in [3.63, 3.8) is 0 Å². The van der Waals surface area contributed by atoms with Crippen LogP contribution in [-0.2, 0) is 4.79 Å². The summed E-state index contributed by atoms with van der Waals surface area (Å²) in [5.74, 6) is 1.80. The highest BCUT2D eigenvalue weighted by molar-refractivity contribution is 6.07. The highest BCUT2D eigenvalue weighted by atomic mass is 16.5. The largest absolute Gasteiger partial charge is 0.494 e. The minimum absolute atomic E-state index is 0.0183. The van der Waals surface area contributed by atoms with Gasteiger partial charge >= 0.3 is 0 Å². The van der Waals surface area contributed by atoms with E-state index in [0.717, 1.165) is 16.5 Å². The van der Waals surface area contributed by atoms with Crippen molar-refractivity contribution in [3.8, 4) is 17.2 Å². The number of likely N-dealkylation sites (tertiary alicyclic amines) is 1. The van der Waals surface area contributed by atoms with Gasteiger partial charge in [-0.25, -0.2) is 0 Å². The molecule has 0 aromatic heterocycles. The van der Waals surface area contributed by atoms with Crippen molar-refractivity contribution < 1.29 is 19.1 Å². The minimum Gasteiger partial charge on any atom is -0.494 e. The lowest BCUT2D eigenvalue weighted by Gasteiger charge is -2.31. The van der Waals surface area contributed by atoms with Gasteiger partial charge in [0.05, 0.1) is 12.3 Å². The smallest absolute Gasteiger partial charge is 0.254 e. The molecule has 2 amide bonds. The molecule has 4 aromatic rings. The van der Waals surface area contributed by atoms with E-state index in [1.54, 1.807) is 0 Å². The van der Waals surface area contributed by atoms with Gasteiger partial charge in [-0.15, -0.1) is 0 Å². The first-order chi connectivity index (χ1) is 18.1. The molecule has 188 valence electrons. The first kappa shape index (κ1) is 24.4. The van der Waals surface area contributed by atoms with Gasteiger partial charge in [-0.05, 0) is 73.0 Å². The molecule has 1 saturated heterocycles. The summed E-state index contributed by atoms with van der Waals surface area (Å²) in [5.41, 5.74) is 1.33. The highest BCUT2D eigenvalue weighted by Crippen LogP contribution is 2.31. The molecule has 5 rings (SSSR count). The number of rotatable bonds is 7.